The number of aryl methyl sites for hydroxylation is 1. The minimum atomic E-state index is 0.174. The third-order valence-corrected chi connectivity index (χ3v) is 5.71. The van der Waals surface area contributed by atoms with E-state index in [9.17, 15) is 4.79 Å². The van der Waals surface area contributed by atoms with Crippen LogP contribution in [0.25, 0.3) is 0 Å². The molecule has 1 amide bonds. The maximum Gasteiger partial charge on any atom is 0.233 e. The Bertz CT molecular complexity index is 765. The third kappa shape index (κ3) is 4.20. The van der Waals surface area contributed by atoms with Crippen molar-refractivity contribution in [2.45, 2.75) is 31.8 Å². The molecule has 3 rings (SSSR count). The van der Waals surface area contributed by atoms with Gasteiger partial charge in [0.05, 0.1) is 5.75 Å². The van der Waals surface area contributed by atoms with E-state index in [1.165, 1.54) is 23.0 Å². The van der Waals surface area contributed by atoms with Crippen molar-refractivity contribution in [1.82, 2.24) is 19.7 Å². The number of thioether (sulfide) groups is 1. The number of aromatic nitrogens is 3. The summed E-state index contributed by atoms with van der Waals surface area (Å²) in [7, 11) is 1.96. The number of piperazine rings is 1. The Morgan fingerprint density at radius 3 is 2.54 bits per heavy atom. The zero-order chi connectivity index (χ0) is 18.7. The highest BCUT2D eigenvalue weighted by molar-refractivity contribution is 7.99. The lowest BCUT2D eigenvalue weighted by Gasteiger charge is -2.36. The van der Waals surface area contributed by atoms with Crippen molar-refractivity contribution in [3.63, 3.8) is 0 Å². The van der Waals surface area contributed by atoms with Crippen LogP contribution in [-0.2, 0) is 11.8 Å². The molecule has 26 heavy (non-hydrogen) atoms. The fraction of sp³-hybridized carbons (Fsp3) is 0.526. The Kier molecular flexibility index (Phi) is 5.86. The Hall–Kier alpha value is -2.02. The van der Waals surface area contributed by atoms with Gasteiger partial charge in [0.15, 0.2) is 5.16 Å². The quantitative estimate of drug-likeness (QED) is 0.754. The van der Waals surface area contributed by atoms with E-state index in [-0.39, 0.29) is 5.91 Å². The van der Waals surface area contributed by atoms with Gasteiger partial charge in [-0.3, -0.25) is 4.79 Å². The van der Waals surface area contributed by atoms with Gasteiger partial charge in [0.25, 0.3) is 0 Å². The molecule has 0 spiro atoms. The van der Waals surface area contributed by atoms with Gasteiger partial charge in [0.1, 0.15) is 5.82 Å². The molecule has 6 nitrogen and oxygen atoms in total. The molecule has 0 saturated carbocycles. The molecule has 2 aromatic rings. The van der Waals surface area contributed by atoms with Crippen molar-refractivity contribution in [3.8, 4) is 0 Å². The van der Waals surface area contributed by atoms with Gasteiger partial charge in [-0.25, -0.2) is 0 Å². The molecule has 1 fully saturated rings. The number of nitrogens with zero attached hydrogens (tertiary/aromatic N) is 5. The zero-order valence-corrected chi connectivity index (χ0v) is 16.8. The summed E-state index contributed by atoms with van der Waals surface area (Å²) in [6.07, 6.45) is 0. The van der Waals surface area contributed by atoms with Crippen molar-refractivity contribution < 1.29 is 4.79 Å². The van der Waals surface area contributed by atoms with Gasteiger partial charge in [0.2, 0.25) is 5.91 Å². The molecular weight excluding hydrogens is 346 g/mol. The Balaban J connectivity index is 1.51. The van der Waals surface area contributed by atoms with E-state index in [1.807, 2.05) is 16.5 Å². The second-order valence-corrected chi connectivity index (χ2v) is 7.99. The van der Waals surface area contributed by atoms with Crippen molar-refractivity contribution in [2.24, 2.45) is 7.05 Å². The van der Waals surface area contributed by atoms with Gasteiger partial charge in [0, 0.05) is 44.8 Å². The van der Waals surface area contributed by atoms with E-state index >= 15 is 0 Å². The maximum absolute atomic E-state index is 12.5. The molecule has 0 atom stereocenters. The summed E-state index contributed by atoms with van der Waals surface area (Å²) in [4.78, 5) is 16.9. The predicted octanol–water partition coefficient (Wildman–Crippen LogP) is 2.69. The average Bonchev–Trinajstić information content (AvgIpc) is 3.00. The molecule has 1 saturated heterocycles. The maximum atomic E-state index is 12.5. The Labute approximate surface area is 159 Å². The molecule has 140 valence electrons. The van der Waals surface area contributed by atoms with Crippen molar-refractivity contribution in [1.29, 1.82) is 0 Å². The first-order valence-corrected chi connectivity index (χ1v) is 10.1. The third-order valence-electron chi connectivity index (χ3n) is 4.71. The number of carbonyl (C=O) groups excluding carboxylic acids is 1. The number of anilines is 1. The van der Waals surface area contributed by atoms with Crippen LogP contribution in [0, 0.1) is 6.92 Å². The highest BCUT2D eigenvalue weighted by Gasteiger charge is 2.22. The number of hydrogen-bond acceptors (Lipinski definition) is 5. The summed E-state index contributed by atoms with van der Waals surface area (Å²) in [5.74, 6) is 1.86. The fourth-order valence-corrected chi connectivity index (χ4v) is 4.03. The van der Waals surface area contributed by atoms with Crippen LogP contribution in [0.15, 0.2) is 29.4 Å². The normalized spacial score (nSPS) is 15.0. The van der Waals surface area contributed by atoms with Crippen molar-refractivity contribution in [3.05, 3.63) is 35.7 Å². The summed E-state index contributed by atoms with van der Waals surface area (Å²) in [5.41, 5.74) is 2.51. The largest absolute Gasteiger partial charge is 0.368 e. The standard InChI is InChI=1S/C19H27N5OS/c1-14(2)18-20-21-19(22(18)4)26-13-17(25)24-10-8-23(9-11-24)16-7-5-6-15(3)12-16/h5-7,12,14H,8-11,13H2,1-4H3. The molecular formula is C19H27N5OS. The van der Waals surface area contributed by atoms with Crippen LogP contribution in [0.2, 0.25) is 0 Å². The number of amides is 1. The lowest BCUT2D eigenvalue weighted by Crippen LogP contribution is -2.49. The fourth-order valence-electron chi connectivity index (χ4n) is 3.21. The molecule has 1 aromatic heterocycles. The molecule has 0 N–H and O–H groups in total. The van der Waals surface area contributed by atoms with Gasteiger partial charge in [-0.15, -0.1) is 10.2 Å². The second kappa shape index (κ2) is 8.12. The lowest BCUT2D eigenvalue weighted by atomic mass is 10.2. The number of carbonyl (C=O) groups is 1. The van der Waals surface area contributed by atoms with Crippen molar-refractivity contribution >= 4 is 23.4 Å². The Morgan fingerprint density at radius 2 is 1.92 bits per heavy atom. The van der Waals surface area contributed by atoms with Crippen LogP contribution in [0.4, 0.5) is 5.69 Å². The first-order chi connectivity index (χ1) is 12.5. The van der Waals surface area contributed by atoms with Gasteiger partial charge in [-0.1, -0.05) is 37.7 Å². The lowest BCUT2D eigenvalue weighted by molar-refractivity contribution is -0.128. The molecule has 1 aliphatic heterocycles. The van der Waals surface area contributed by atoms with Gasteiger partial charge < -0.3 is 14.4 Å². The molecule has 0 bridgehead atoms. The van der Waals surface area contributed by atoms with Gasteiger partial charge >= 0.3 is 0 Å². The molecule has 7 heteroatoms. The van der Waals surface area contributed by atoms with E-state index < -0.39 is 0 Å². The zero-order valence-electron chi connectivity index (χ0n) is 16.0. The van der Waals surface area contributed by atoms with E-state index in [2.05, 4.69) is 60.1 Å². The molecule has 0 unspecified atom stereocenters. The molecule has 0 aliphatic carbocycles. The summed E-state index contributed by atoms with van der Waals surface area (Å²) in [6.45, 7) is 9.59. The van der Waals surface area contributed by atoms with Crippen LogP contribution in [0.3, 0.4) is 0 Å². The van der Waals surface area contributed by atoms with E-state index in [4.69, 9.17) is 0 Å². The Morgan fingerprint density at radius 1 is 1.19 bits per heavy atom. The van der Waals surface area contributed by atoms with Crippen LogP contribution in [0.1, 0.15) is 31.2 Å². The molecule has 0 radical (unpaired) electrons. The van der Waals surface area contributed by atoms with Crippen LogP contribution in [-0.4, -0.2) is 57.5 Å². The molecule has 2 heterocycles. The van der Waals surface area contributed by atoms with Gasteiger partial charge in [-0.2, -0.15) is 0 Å². The highest BCUT2D eigenvalue weighted by Crippen LogP contribution is 2.21. The van der Waals surface area contributed by atoms with Crippen LogP contribution < -0.4 is 4.90 Å². The first kappa shape index (κ1) is 18.8. The number of rotatable bonds is 5. The number of benzene rings is 1. The SMILES string of the molecule is Cc1cccc(N2CCN(C(=O)CSc3nnc(C(C)C)n3C)CC2)c1. The summed E-state index contributed by atoms with van der Waals surface area (Å²) in [5, 5.41) is 9.23. The first-order valence-electron chi connectivity index (χ1n) is 9.07. The summed E-state index contributed by atoms with van der Waals surface area (Å²) in [6, 6.07) is 8.54. The van der Waals surface area contributed by atoms with Crippen molar-refractivity contribution in [2.75, 3.05) is 36.8 Å². The molecule has 1 aliphatic rings. The van der Waals surface area contributed by atoms with Crippen LogP contribution >= 0.6 is 11.8 Å². The number of hydrogen-bond donors (Lipinski definition) is 0. The minimum absolute atomic E-state index is 0.174. The van der Waals surface area contributed by atoms with E-state index in [0.29, 0.717) is 11.7 Å². The highest BCUT2D eigenvalue weighted by atomic mass is 32.2. The minimum Gasteiger partial charge on any atom is -0.368 e. The monoisotopic (exact) mass is 373 g/mol. The van der Waals surface area contributed by atoms with E-state index in [0.717, 1.165) is 37.2 Å². The summed E-state index contributed by atoms with van der Waals surface area (Å²) >= 11 is 1.47. The molecule has 1 aromatic carbocycles. The van der Waals surface area contributed by atoms with Crippen LogP contribution in [0.5, 0.6) is 0 Å². The van der Waals surface area contributed by atoms with E-state index in [1.54, 1.807) is 0 Å². The topological polar surface area (TPSA) is 54.3 Å². The van der Waals surface area contributed by atoms with Gasteiger partial charge in [-0.05, 0) is 24.6 Å². The predicted molar refractivity (Wildman–Crippen MR) is 106 cm³/mol. The second-order valence-electron chi connectivity index (χ2n) is 7.05. The smallest absolute Gasteiger partial charge is 0.233 e. The summed E-state index contributed by atoms with van der Waals surface area (Å²) < 4.78 is 1.98. The average molecular weight is 374 g/mol.